The molecule has 1 aliphatic rings. The number of anilines is 3. The standard InChI is InChI=1S/C22H22N8O3S/c1-34(32,33)28-17-6-3-5-16(11-17)25-22-24-13-19-20(26-22)30(29-27-19)18-7-2-4-14(10-18)12-23-21(31)15-8-9-15/h2-7,10-11,13,15,28H,8-9,12H2,1H3,(H,23,31)(H,24,25,26). The molecule has 2 aromatic carbocycles. The summed E-state index contributed by atoms with van der Waals surface area (Å²) in [6.07, 6.45) is 4.58. The fourth-order valence-corrected chi connectivity index (χ4v) is 4.00. The van der Waals surface area contributed by atoms with Gasteiger partial charge < -0.3 is 10.6 Å². The molecule has 34 heavy (non-hydrogen) atoms. The van der Waals surface area contributed by atoms with Crippen molar-refractivity contribution in [3.63, 3.8) is 0 Å². The van der Waals surface area contributed by atoms with Crippen molar-refractivity contribution >= 4 is 44.4 Å². The van der Waals surface area contributed by atoms with Crippen molar-refractivity contribution in [2.45, 2.75) is 19.4 Å². The first-order chi connectivity index (χ1) is 16.3. The van der Waals surface area contributed by atoms with Crippen molar-refractivity contribution in [1.82, 2.24) is 30.3 Å². The van der Waals surface area contributed by atoms with Crippen LogP contribution in [0.3, 0.4) is 0 Å². The number of benzene rings is 2. The first-order valence-corrected chi connectivity index (χ1v) is 12.5. The van der Waals surface area contributed by atoms with E-state index in [2.05, 4.69) is 35.6 Å². The molecule has 0 bridgehead atoms. The molecule has 2 heterocycles. The van der Waals surface area contributed by atoms with Crippen molar-refractivity contribution in [2.24, 2.45) is 5.92 Å². The van der Waals surface area contributed by atoms with Crippen LogP contribution in [0.15, 0.2) is 54.7 Å². The highest BCUT2D eigenvalue weighted by Crippen LogP contribution is 2.29. The highest BCUT2D eigenvalue weighted by Gasteiger charge is 2.29. The first kappa shape index (κ1) is 21.8. The second-order valence-electron chi connectivity index (χ2n) is 8.15. The Bertz CT molecular complexity index is 1480. The average molecular weight is 479 g/mol. The van der Waals surface area contributed by atoms with Crippen molar-refractivity contribution in [1.29, 1.82) is 0 Å². The third-order valence-electron chi connectivity index (χ3n) is 5.18. The van der Waals surface area contributed by atoms with E-state index < -0.39 is 10.0 Å². The van der Waals surface area contributed by atoms with E-state index in [-0.39, 0.29) is 11.8 Å². The maximum Gasteiger partial charge on any atom is 0.229 e. The lowest BCUT2D eigenvalue weighted by molar-refractivity contribution is -0.122. The van der Waals surface area contributed by atoms with Crippen molar-refractivity contribution in [2.75, 3.05) is 16.3 Å². The predicted octanol–water partition coefficient (Wildman–Crippen LogP) is 2.35. The van der Waals surface area contributed by atoms with Gasteiger partial charge in [-0.3, -0.25) is 9.52 Å². The van der Waals surface area contributed by atoms with Crippen LogP contribution in [-0.2, 0) is 21.4 Å². The number of hydrogen-bond donors (Lipinski definition) is 3. The van der Waals surface area contributed by atoms with Gasteiger partial charge in [0.25, 0.3) is 0 Å². The Hall–Kier alpha value is -4.06. The molecule has 1 amide bonds. The predicted molar refractivity (Wildman–Crippen MR) is 127 cm³/mol. The van der Waals surface area contributed by atoms with E-state index in [1.807, 2.05) is 24.3 Å². The topological polar surface area (TPSA) is 144 Å². The zero-order valence-electron chi connectivity index (χ0n) is 18.3. The zero-order valence-corrected chi connectivity index (χ0v) is 19.1. The molecular weight excluding hydrogens is 456 g/mol. The van der Waals surface area contributed by atoms with Gasteiger partial charge in [0.1, 0.15) is 0 Å². The van der Waals surface area contributed by atoms with E-state index in [4.69, 9.17) is 0 Å². The molecular formula is C22H22N8O3S. The third kappa shape index (κ3) is 5.12. The summed E-state index contributed by atoms with van der Waals surface area (Å²) in [6, 6.07) is 14.4. The van der Waals surface area contributed by atoms with E-state index in [1.54, 1.807) is 35.1 Å². The van der Waals surface area contributed by atoms with Crippen LogP contribution in [0.2, 0.25) is 0 Å². The molecule has 1 aliphatic carbocycles. The lowest BCUT2D eigenvalue weighted by Crippen LogP contribution is -2.24. The number of amides is 1. The second kappa shape index (κ2) is 8.71. The van der Waals surface area contributed by atoms with Crippen LogP contribution in [0, 0.1) is 5.92 Å². The highest BCUT2D eigenvalue weighted by atomic mass is 32.2. The Kier molecular flexibility index (Phi) is 5.57. The quantitative estimate of drug-likeness (QED) is 0.350. The minimum atomic E-state index is -3.39. The Labute approximate surface area is 195 Å². The molecule has 12 heteroatoms. The van der Waals surface area contributed by atoms with Gasteiger partial charge in [-0.2, -0.15) is 9.67 Å². The molecule has 4 aromatic rings. The molecule has 0 radical (unpaired) electrons. The van der Waals surface area contributed by atoms with Gasteiger partial charge in [0.15, 0.2) is 11.2 Å². The second-order valence-corrected chi connectivity index (χ2v) is 9.89. The average Bonchev–Trinajstić information content (AvgIpc) is 3.56. The smallest absolute Gasteiger partial charge is 0.229 e. The fourth-order valence-electron chi connectivity index (χ4n) is 3.44. The van der Waals surface area contributed by atoms with Gasteiger partial charge in [-0.15, -0.1) is 5.10 Å². The van der Waals surface area contributed by atoms with Crippen LogP contribution >= 0.6 is 0 Å². The maximum absolute atomic E-state index is 11.9. The number of carbonyl (C=O) groups excluding carboxylic acids is 1. The van der Waals surface area contributed by atoms with Crippen molar-refractivity contribution in [3.8, 4) is 5.69 Å². The molecule has 0 unspecified atom stereocenters. The number of aromatic nitrogens is 5. The van der Waals surface area contributed by atoms with Gasteiger partial charge in [-0.1, -0.05) is 23.4 Å². The molecule has 11 nitrogen and oxygen atoms in total. The van der Waals surface area contributed by atoms with E-state index in [9.17, 15) is 13.2 Å². The maximum atomic E-state index is 11.9. The summed E-state index contributed by atoms with van der Waals surface area (Å²) in [7, 11) is -3.39. The normalized spacial score (nSPS) is 13.6. The number of nitrogens with zero attached hydrogens (tertiary/aromatic N) is 5. The van der Waals surface area contributed by atoms with Crippen LogP contribution in [0.4, 0.5) is 17.3 Å². The molecule has 0 spiro atoms. The molecule has 1 fully saturated rings. The summed E-state index contributed by atoms with van der Waals surface area (Å²) in [6.45, 7) is 0.440. The number of nitrogens with one attached hydrogen (secondary N) is 3. The molecule has 1 saturated carbocycles. The largest absolute Gasteiger partial charge is 0.352 e. The van der Waals surface area contributed by atoms with E-state index >= 15 is 0 Å². The lowest BCUT2D eigenvalue weighted by atomic mass is 10.2. The monoisotopic (exact) mass is 478 g/mol. The number of fused-ring (bicyclic) bond motifs is 1. The third-order valence-corrected chi connectivity index (χ3v) is 5.79. The molecule has 0 aliphatic heterocycles. The summed E-state index contributed by atoms with van der Waals surface area (Å²) < 4.78 is 27.0. The SMILES string of the molecule is CS(=O)(=O)Nc1cccc(Nc2ncc3nnn(-c4cccc(CNC(=O)C5CC5)c4)c3n2)c1. The Morgan fingerprint density at radius 2 is 1.91 bits per heavy atom. The van der Waals surface area contributed by atoms with Crippen molar-refractivity contribution in [3.05, 3.63) is 60.3 Å². The summed E-state index contributed by atoms with van der Waals surface area (Å²) in [5.41, 5.74) is 3.75. The van der Waals surface area contributed by atoms with Gasteiger partial charge in [-0.25, -0.2) is 13.4 Å². The number of hydrogen-bond acceptors (Lipinski definition) is 8. The number of sulfonamides is 1. The van der Waals surface area contributed by atoms with E-state index in [0.29, 0.717) is 35.0 Å². The summed E-state index contributed by atoms with van der Waals surface area (Å²) in [4.78, 5) is 20.8. The van der Waals surface area contributed by atoms with Crippen LogP contribution in [0.5, 0.6) is 0 Å². The lowest BCUT2D eigenvalue weighted by Gasteiger charge is -2.09. The number of carbonyl (C=O) groups is 1. The summed E-state index contributed by atoms with van der Waals surface area (Å²) >= 11 is 0. The van der Waals surface area contributed by atoms with Gasteiger partial charge >= 0.3 is 0 Å². The van der Waals surface area contributed by atoms with Crippen LogP contribution in [-0.4, -0.2) is 45.5 Å². The molecule has 5 rings (SSSR count). The fraction of sp³-hybridized carbons (Fsp3) is 0.227. The molecule has 2 aromatic heterocycles. The molecule has 0 saturated heterocycles. The van der Waals surface area contributed by atoms with Crippen LogP contribution < -0.4 is 15.4 Å². The van der Waals surface area contributed by atoms with Gasteiger partial charge in [0.2, 0.25) is 21.9 Å². The minimum Gasteiger partial charge on any atom is -0.352 e. The molecule has 174 valence electrons. The minimum absolute atomic E-state index is 0.0934. The molecule has 0 atom stereocenters. The van der Waals surface area contributed by atoms with Crippen molar-refractivity contribution < 1.29 is 13.2 Å². The summed E-state index contributed by atoms with van der Waals surface area (Å²) in [5.74, 6) is 0.559. The first-order valence-electron chi connectivity index (χ1n) is 10.6. The highest BCUT2D eigenvalue weighted by molar-refractivity contribution is 7.92. The Morgan fingerprint density at radius 1 is 1.12 bits per heavy atom. The Balaban J connectivity index is 1.38. The summed E-state index contributed by atoms with van der Waals surface area (Å²) in [5, 5.41) is 14.4. The van der Waals surface area contributed by atoms with Gasteiger partial charge in [0.05, 0.1) is 23.8 Å². The number of rotatable bonds is 8. The van der Waals surface area contributed by atoms with Crippen LogP contribution in [0.1, 0.15) is 18.4 Å². The van der Waals surface area contributed by atoms with Crippen LogP contribution in [0.25, 0.3) is 16.9 Å². The Morgan fingerprint density at radius 3 is 2.71 bits per heavy atom. The zero-order chi connectivity index (χ0) is 23.7. The van der Waals surface area contributed by atoms with E-state index in [0.717, 1.165) is 30.3 Å². The van der Waals surface area contributed by atoms with Gasteiger partial charge in [0, 0.05) is 18.2 Å². The van der Waals surface area contributed by atoms with E-state index in [1.165, 1.54) is 0 Å². The molecule has 3 N–H and O–H groups in total. The van der Waals surface area contributed by atoms with Gasteiger partial charge in [-0.05, 0) is 48.7 Å².